The van der Waals surface area contributed by atoms with Gasteiger partial charge in [0.1, 0.15) is 0 Å². The van der Waals surface area contributed by atoms with E-state index < -0.39 is 0 Å². The molecule has 0 atom stereocenters. The molecule has 1 aliphatic rings. The van der Waals surface area contributed by atoms with E-state index in [2.05, 4.69) is 142 Å². The third-order valence-electron chi connectivity index (χ3n) is 9.06. The van der Waals surface area contributed by atoms with E-state index in [1.54, 1.807) is 0 Å². The lowest BCUT2D eigenvalue weighted by molar-refractivity contribution is 0.572. The van der Waals surface area contributed by atoms with Gasteiger partial charge in [-0.25, -0.2) is 15.0 Å². The molecule has 0 spiro atoms. The predicted octanol–water partition coefficient (Wildman–Crippen LogP) is 11.3. The Hall–Kier alpha value is -5.74. The zero-order valence-corrected chi connectivity index (χ0v) is 27.5. The van der Waals surface area contributed by atoms with Gasteiger partial charge < -0.3 is 0 Å². The molecule has 1 aliphatic carbocycles. The van der Waals surface area contributed by atoms with Crippen LogP contribution in [0, 0.1) is 0 Å². The molecule has 0 bridgehead atoms. The van der Waals surface area contributed by atoms with Crippen LogP contribution in [-0.4, -0.2) is 19.9 Å². The summed E-state index contributed by atoms with van der Waals surface area (Å²) in [6, 6.07) is 40.7. The molecule has 0 saturated carbocycles. The topological polar surface area (TPSA) is 51.6 Å². The van der Waals surface area contributed by atoms with Crippen LogP contribution in [0.2, 0.25) is 0 Å². The third kappa shape index (κ3) is 5.71. The second-order valence-electron chi connectivity index (χ2n) is 13.5. The molecular weight excluding hydrogens is 585 g/mol. The fourth-order valence-electron chi connectivity index (χ4n) is 6.41. The van der Waals surface area contributed by atoms with Gasteiger partial charge in [0.05, 0.1) is 22.4 Å². The second kappa shape index (κ2) is 12.1. The lowest BCUT2D eigenvalue weighted by Gasteiger charge is -2.21. The highest BCUT2D eigenvalue weighted by atomic mass is 14.9. The summed E-state index contributed by atoms with van der Waals surface area (Å²) >= 11 is 0. The summed E-state index contributed by atoms with van der Waals surface area (Å²) in [5.74, 6) is 0.763. The van der Waals surface area contributed by atoms with E-state index in [1.807, 2.05) is 18.3 Å². The van der Waals surface area contributed by atoms with Crippen LogP contribution in [0.1, 0.15) is 45.1 Å². The summed E-state index contributed by atoms with van der Waals surface area (Å²) in [6.45, 7) is 6.64. The number of hydrogen-bond donors (Lipinski definition) is 0. The lowest BCUT2D eigenvalue weighted by Crippen LogP contribution is -2.14. The quantitative estimate of drug-likeness (QED) is 0.180. The minimum atomic E-state index is -0.106. The average Bonchev–Trinajstić information content (AvgIpc) is 3.14. The molecule has 0 unspecified atom stereocenters. The first-order chi connectivity index (χ1) is 23.4. The Labute approximate surface area is 281 Å². The Kier molecular flexibility index (Phi) is 7.49. The minimum absolute atomic E-state index is 0.106. The number of nitrogens with zero attached hydrogens (tertiary/aromatic N) is 4. The largest absolute Gasteiger partial charge is 0.254 e. The maximum atomic E-state index is 5.15. The number of pyridine rings is 2. The van der Waals surface area contributed by atoms with Crippen molar-refractivity contribution < 1.29 is 0 Å². The van der Waals surface area contributed by atoms with Crippen LogP contribution in [0.5, 0.6) is 0 Å². The van der Waals surface area contributed by atoms with Crippen LogP contribution in [0.15, 0.2) is 140 Å². The summed E-state index contributed by atoms with van der Waals surface area (Å²) in [6.07, 6.45) is 10.5. The first kappa shape index (κ1) is 29.6. The highest BCUT2D eigenvalue weighted by Gasteiger charge is 2.20. The van der Waals surface area contributed by atoms with Crippen LogP contribution in [-0.2, 0) is 5.41 Å². The molecule has 48 heavy (non-hydrogen) atoms. The Morgan fingerprint density at radius 2 is 1.31 bits per heavy atom. The molecule has 0 aliphatic heterocycles. The maximum absolute atomic E-state index is 5.15. The number of allylic oxidation sites excluding steroid dienone is 4. The predicted molar refractivity (Wildman–Crippen MR) is 199 cm³/mol. The molecule has 0 radical (unpaired) electrons. The number of fused-ring (bicyclic) bond motifs is 3. The monoisotopic (exact) mass is 620 g/mol. The minimum Gasteiger partial charge on any atom is -0.254 e. The highest BCUT2D eigenvalue weighted by molar-refractivity contribution is 6.08. The van der Waals surface area contributed by atoms with Crippen LogP contribution in [0.4, 0.5) is 0 Å². The van der Waals surface area contributed by atoms with Gasteiger partial charge in [0, 0.05) is 44.8 Å². The van der Waals surface area contributed by atoms with Crippen molar-refractivity contribution in [1.29, 1.82) is 0 Å². The molecule has 4 heteroatoms. The van der Waals surface area contributed by atoms with Crippen LogP contribution in [0.3, 0.4) is 0 Å². The molecule has 7 aromatic rings. The Morgan fingerprint density at radius 3 is 2.08 bits per heavy atom. The van der Waals surface area contributed by atoms with E-state index in [4.69, 9.17) is 19.9 Å². The Bertz CT molecular complexity index is 2360. The summed E-state index contributed by atoms with van der Waals surface area (Å²) in [5, 5.41) is 2.21. The molecule has 0 N–H and O–H groups in total. The van der Waals surface area contributed by atoms with Gasteiger partial charge in [-0.3, -0.25) is 4.98 Å². The highest BCUT2D eigenvalue weighted by Crippen LogP contribution is 2.37. The van der Waals surface area contributed by atoms with Crippen LogP contribution >= 0.6 is 0 Å². The summed E-state index contributed by atoms with van der Waals surface area (Å²) in [5.41, 5.74) is 12.5. The lowest BCUT2D eigenvalue weighted by atomic mass is 9.88. The van der Waals surface area contributed by atoms with Crippen molar-refractivity contribution in [3.8, 4) is 44.8 Å². The molecule has 3 aromatic heterocycles. The molecule has 0 amide bonds. The molecule has 4 nitrogen and oxygen atoms in total. The molecule has 3 heterocycles. The van der Waals surface area contributed by atoms with Crippen molar-refractivity contribution in [3.05, 3.63) is 151 Å². The summed E-state index contributed by atoms with van der Waals surface area (Å²) < 4.78 is 0. The van der Waals surface area contributed by atoms with Gasteiger partial charge in [-0.1, -0.05) is 130 Å². The smallest absolute Gasteiger partial charge is 0.160 e. The van der Waals surface area contributed by atoms with Gasteiger partial charge in [-0.15, -0.1) is 0 Å². The van der Waals surface area contributed by atoms with Gasteiger partial charge in [0.25, 0.3) is 0 Å². The molecule has 0 fully saturated rings. The first-order valence-corrected chi connectivity index (χ1v) is 16.6. The number of hydrogen-bond acceptors (Lipinski definition) is 4. The Morgan fingerprint density at radius 1 is 0.562 bits per heavy atom. The standard InChI is InChI=1S/C44H36N4/c1-44(2,3)40-27-37(36-24-23-32-18-11-25-45-41(32)42(36)48-40)30-21-19-29(20-22-30)34-16-10-17-35(26-34)39-28-38(31-12-6-4-7-13-31)46-43(47-39)33-14-8-5-9-15-33/h4,6-8,10-28H,5,9H2,1-3H3. The molecule has 232 valence electrons. The SMILES string of the molecule is CC(C)(C)c1cc(-c2ccc(-c3cccc(-c4cc(-c5ccccc5)nc(C5=CCCC=C5)n4)c3)cc2)c2ccc3cccnc3c2n1. The van der Waals surface area contributed by atoms with Crippen molar-refractivity contribution >= 4 is 27.4 Å². The second-order valence-corrected chi connectivity index (χ2v) is 13.5. The van der Waals surface area contributed by atoms with Crippen molar-refractivity contribution in [2.45, 2.75) is 39.0 Å². The number of aromatic nitrogens is 4. The van der Waals surface area contributed by atoms with Gasteiger partial charge >= 0.3 is 0 Å². The number of benzene rings is 4. The van der Waals surface area contributed by atoms with E-state index >= 15 is 0 Å². The van der Waals surface area contributed by atoms with Crippen LogP contribution in [0.25, 0.3) is 72.1 Å². The zero-order chi connectivity index (χ0) is 32.7. The Balaban J connectivity index is 1.19. The molecule has 4 aromatic carbocycles. The summed E-state index contributed by atoms with van der Waals surface area (Å²) in [7, 11) is 0. The average molecular weight is 621 g/mol. The van der Waals surface area contributed by atoms with Crippen molar-refractivity contribution in [1.82, 2.24) is 19.9 Å². The van der Waals surface area contributed by atoms with Gasteiger partial charge in [0.2, 0.25) is 0 Å². The van der Waals surface area contributed by atoms with Crippen molar-refractivity contribution in [2.75, 3.05) is 0 Å². The van der Waals surface area contributed by atoms with Crippen molar-refractivity contribution in [3.63, 3.8) is 0 Å². The first-order valence-electron chi connectivity index (χ1n) is 16.6. The fraction of sp³-hybridized carbons (Fsp3) is 0.136. The molecular formula is C44H36N4. The third-order valence-corrected chi connectivity index (χ3v) is 9.06. The van der Waals surface area contributed by atoms with Gasteiger partial charge in [0.15, 0.2) is 5.82 Å². The van der Waals surface area contributed by atoms with E-state index in [0.29, 0.717) is 0 Å². The van der Waals surface area contributed by atoms with Gasteiger partial charge in [-0.2, -0.15) is 0 Å². The van der Waals surface area contributed by atoms with Gasteiger partial charge in [-0.05, 0) is 59.4 Å². The zero-order valence-electron chi connectivity index (χ0n) is 27.5. The summed E-state index contributed by atoms with van der Waals surface area (Å²) in [4.78, 5) is 19.9. The molecule has 8 rings (SSSR count). The van der Waals surface area contributed by atoms with Crippen molar-refractivity contribution in [2.24, 2.45) is 0 Å². The number of rotatable bonds is 5. The molecule has 0 saturated heterocycles. The van der Waals surface area contributed by atoms with Crippen LogP contribution < -0.4 is 0 Å². The maximum Gasteiger partial charge on any atom is 0.160 e. The normalized spacial score (nSPS) is 13.2. The fourth-order valence-corrected chi connectivity index (χ4v) is 6.41. The van der Waals surface area contributed by atoms with E-state index in [9.17, 15) is 0 Å². The van der Waals surface area contributed by atoms with E-state index in [-0.39, 0.29) is 5.41 Å². The van der Waals surface area contributed by atoms with E-state index in [1.165, 1.54) is 5.56 Å². The van der Waals surface area contributed by atoms with E-state index in [0.717, 1.165) is 90.9 Å².